The van der Waals surface area contributed by atoms with Gasteiger partial charge in [0.05, 0.1) is 11.9 Å². The van der Waals surface area contributed by atoms with Crippen molar-refractivity contribution in [1.29, 1.82) is 0 Å². The van der Waals surface area contributed by atoms with Gasteiger partial charge in [-0.15, -0.1) is 11.3 Å². The number of hydrogen-bond acceptors (Lipinski definition) is 5. The molecule has 2 aromatic heterocycles. The Labute approximate surface area is 109 Å². The van der Waals surface area contributed by atoms with Crippen LogP contribution in [-0.2, 0) is 16.9 Å². The summed E-state index contributed by atoms with van der Waals surface area (Å²) in [6, 6.07) is 3.96. The van der Waals surface area contributed by atoms with Crippen molar-refractivity contribution in [3.8, 4) is 0 Å². The molecule has 0 aliphatic rings. The average Bonchev–Trinajstić information content (AvgIpc) is 2.90. The number of amides is 1. The molecular weight excluding hydrogens is 248 g/mol. The van der Waals surface area contributed by atoms with E-state index in [1.54, 1.807) is 36.9 Å². The van der Waals surface area contributed by atoms with Crippen LogP contribution in [0.4, 0.5) is 0 Å². The van der Waals surface area contributed by atoms with Gasteiger partial charge in [-0.3, -0.25) is 20.1 Å². The quantitative estimate of drug-likeness (QED) is 0.843. The number of nitrogens with zero attached hydrogens (tertiary/aromatic N) is 2. The third-order valence-corrected chi connectivity index (χ3v) is 3.64. The zero-order chi connectivity index (χ0) is 13.0. The fourth-order valence-corrected chi connectivity index (χ4v) is 2.18. The highest BCUT2D eigenvalue weighted by Crippen LogP contribution is 2.19. The van der Waals surface area contributed by atoms with Crippen molar-refractivity contribution in [3.05, 3.63) is 46.7 Å². The van der Waals surface area contributed by atoms with Crippen LogP contribution in [0.5, 0.6) is 0 Å². The summed E-state index contributed by atoms with van der Waals surface area (Å²) >= 11 is 1.62. The lowest BCUT2D eigenvalue weighted by Gasteiger charge is -2.26. The fraction of sp³-hybridized carbons (Fsp3) is 0.250. The summed E-state index contributed by atoms with van der Waals surface area (Å²) in [4.78, 5) is 20.9. The van der Waals surface area contributed by atoms with Gasteiger partial charge in [0.25, 0.3) is 0 Å². The van der Waals surface area contributed by atoms with Crippen LogP contribution >= 0.6 is 11.3 Å². The molecule has 0 spiro atoms. The Morgan fingerprint density at radius 1 is 1.56 bits per heavy atom. The third kappa shape index (κ3) is 2.55. The molecule has 3 N–H and O–H groups in total. The molecule has 18 heavy (non-hydrogen) atoms. The molecule has 1 unspecified atom stereocenters. The van der Waals surface area contributed by atoms with Crippen LogP contribution < -0.4 is 11.1 Å². The summed E-state index contributed by atoms with van der Waals surface area (Å²) in [5.41, 5.74) is 4.98. The number of carbonyl (C=O) groups is 1. The van der Waals surface area contributed by atoms with Gasteiger partial charge >= 0.3 is 0 Å². The Morgan fingerprint density at radius 3 is 2.94 bits per heavy atom. The van der Waals surface area contributed by atoms with E-state index in [4.69, 9.17) is 5.73 Å². The topological polar surface area (TPSA) is 80.9 Å². The molecule has 0 fully saturated rings. The molecule has 0 aliphatic carbocycles. The third-order valence-electron chi connectivity index (χ3n) is 2.76. The van der Waals surface area contributed by atoms with Crippen molar-refractivity contribution in [3.63, 3.8) is 0 Å². The zero-order valence-corrected chi connectivity index (χ0v) is 10.8. The van der Waals surface area contributed by atoms with Gasteiger partial charge < -0.3 is 5.73 Å². The minimum Gasteiger partial charge on any atom is -0.368 e. The molecule has 6 heteroatoms. The summed E-state index contributed by atoms with van der Waals surface area (Å²) in [6.45, 7) is 2.28. The number of primary amides is 1. The van der Waals surface area contributed by atoms with Crippen LogP contribution in [0.1, 0.15) is 17.5 Å². The van der Waals surface area contributed by atoms with Crippen molar-refractivity contribution in [2.75, 3.05) is 0 Å². The second kappa shape index (κ2) is 5.24. The summed E-state index contributed by atoms with van der Waals surface area (Å²) in [5, 5.41) is 5.13. The van der Waals surface area contributed by atoms with Crippen molar-refractivity contribution < 1.29 is 4.79 Å². The van der Waals surface area contributed by atoms with Crippen LogP contribution in [0.25, 0.3) is 0 Å². The molecule has 2 rings (SSSR count). The normalized spacial score (nSPS) is 14.1. The maximum atomic E-state index is 11.7. The maximum absolute atomic E-state index is 11.7. The molecule has 1 atom stereocenters. The van der Waals surface area contributed by atoms with E-state index < -0.39 is 11.4 Å². The SMILES string of the molecule is CC(NCc1cccs1)(C(N)=O)c1cnccn1. The number of carbonyl (C=O) groups excluding carboxylic acids is 1. The van der Waals surface area contributed by atoms with Crippen molar-refractivity contribution in [2.24, 2.45) is 5.73 Å². The van der Waals surface area contributed by atoms with Gasteiger partial charge in [-0.25, -0.2) is 0 Å². The Balaban J connectivity index is 2.20. The number of hydrogen-bond donors (Lipinski definition) is 2. The highest BCUT2D eigenvalue weighted by atomic mass is 32.1. The van der Waals surface area contributed by atoms with Gasteiger partial charge in [0, 0.05) is 23.8 Å². The zero-order valence-electron chi connectivity index (χ0n) is 9.96. The first-order valence-corrected chi connectivity index (χ1v) is 6.34. The molecule has 1 amide bonds. The van der Waals surface area contributed by atoms with E-state index in [1.165, 1.54) is 0 Å². The molecular formula is C12H14N4OS. The molecule has 0 saturated carbocycles. The van der Waals surface area contributed by atoms with Crippen LogP contribution in [-0.4, -0.2) is 15.9 Å². The average molecular weight is 262 g/mol. The lowest BCUT2D eigenvalue weighted by atomic mass is 9.97. The Hall–Kier alpha value is -1.79. The van der Waals surface area contributed by atoms with Crippen molar-refractivity contribution >= 4 is 17.2 Å². The van der Waals surface area contributed by atoms with Gasteiger partial charge in [-0.05, 0) is 18.4 Å². The van der Waals surface area contributed by atoms with Crippen molar-refractivity contribution in [1.82, 2.24) is 15.3 Å². The maximum Gasteiger partial charge on any atom is 0.243 e. The van der Waals surface area contributed by atoms with Gasteiger partial charge in [0.15, 0.2) is 0 Å². The van der Waals surface area contributed by atoms with E-state index in [-0.39, 0.29) is 0 Å². The van der Waals surface area contributed by atoms with Gasteiger partial charge in [-0.1, -0.05) is 6.07 Å². The summed E-state index contributed by atoms with van der Waals surface area (Å²) < 4.78 is 0. The van der Waals surface area contributed by atoms with Crippen LogP contribution in [0.2, 0.25) is 0 Å². The van der Waals surface area contributed by atoms with Gasteiger partial charge in [0.2, 0.25) is 5.91 Å². The first-order valence-electron chi connectivity index (χ1n) is 5.47. The molecule has 0 saturated heterocycles. The smallest absolute Gasteiger partial charge is 0.243 e. The minimum atomic E-state index is -1.02. The van der Waals surface area contributed by atoms with E-state index in [0.29, 0.717) is 12.2 Å². The molecule has 0 aliphatic heterocycles. The fourth-order valence-electron chi connectivity index (χ4n) is 1.54. The number of nitrogens with two attached hydrogens (primary N) is 1. The standard InChI is InChI=1S/C12H14N4OS/c1-12(11(13)17,10-8-14-4-5-15-10)16-7-9-3-2-6-18-9/h2-6,8,16H,7H2,1H3,(H2,13,17). The Kier molecular flexibility index (Phi) is 3.69. The predicted octanol–water partition coefficient (Wildman–Crippen LogP) is 1.03. The molecule has 0 aromatic carbocycles. The molecule has 0 radical (unpaired) electrons. The minimum absolute atomic E-state index is 0.473. The van der Waals surface area contributed by atoms with E-state index in [0.717, 1.165) is 4.88 Å². The summed E-state index contributed by atoms with van der Waals surface area (Å²) in [7, 11) is 0. The first-order chi connectivity index (χ1) is 8.63. The first kappa shape index (κ1) is 12.7. The number of aromatic nitrogens is 2. The number of nitrogens with one attached hydrogen (secondary N) is 1. The van der Waals surface area contributed by atoms with E-state index in [2.05, 4.69) is 15.3 Å². The summed E-state index contributed by atoms with van der Waals surface area (Å²) in [5.74, 6) is -0.473. The van der Waals surface area contributed by atoms with E-state index in [1.807, 2.05) is 17.5 Å². The molecule has 5 nitrogen and oxygen atoms in total. The van der Waals surface area contributed by atoms with Crippen LogP contribution in [0.15, 0.2) is 36.1 Å². The molecule has 2 aromatic rings. The van der Waals surface area contributed by atoms with Crippen LogP contribution in [0, 0.1) is 0 Å². The lowest BCUT2D eigenvalue weighted by molar-refractivity contribution is -0.124. The Bertz CT molecular complexity index is 514. The van der Waals surface area contributed by atoms with E-state index >= 15 is 0 Å². The molecule has 0 bridgehead atoms. The lowest BCUT2D eigenvalue weighted by Crippen LogP contribution is -2.50. The molecule has 94 valence electrons. The second-order valence-electron chi connectivity index (χ2n) is 4.01. The highest BCUT2D eigenvalue weighted by molar-refractivity contribution is 7.09. The van der Waals surface area contributed by atoms with Crippen molar-refractivity contribution in [2.45, 2.75) is 19.0 Å². The largest absolute Gasteiger partial charge is 0.368 e. The predicted molar refractivity (Wildman–Crippen MR) is 69.7 cm³/mol. The van der Waals surface area contributed by atoms with E-state index in [9.17, 15) is 4.79 Å². The summed E-state index contributed by atoms with van der Waals surface area (Å²) in [6.07, 6.45) is 4.65. The number of rotatable bonds is 5. The molecule has 2 heterocycles. The monoisotopic (exact) mass is 262 g/mol. The van der Waals surface area contributed by atoms with Gasteiger partial charge in [-0.2, -0.15) is 0 Å². The highest BCUT2D eigenvalue weighted by Gasteiger charge is 2.34. The van der Waals surface area contributed by atoms with Crippen LogP contribution in [0.3, 0.4) is 0 Å². The second-order valence-corrected chi connectivity index (χ2v) is 5.05. The number of thiophene rings is 1. The van der Waals surface area contributed by atoms with Gasteiger partial charge in [0.1, 0.15) is 5.54 Å². The Morgan fingerprint density at radius 2 is 2.39 bits per heavy atom.